The molecule has 0 aliphatic carbocycles. The van der Waals surface area contributed by atoms with Crippen molar-refractivity contribution in [3.8, 4) is 5.75 Å². The van der Waals surface area contributed by atoms with Gasteiger partial charge in [0.25, 0.3) is 0 Å². The molecule has 1 N–H and O–H groups in total. The molecule has 1 aliphatic heterocycles. The zero-order valence-electron chi connectivity index (χ0n) is 16.0. The maximum Gasteiger partial charge on any atom is 0.224 e. The zero-order valence-corrected chi connectivity index (χ0v) is 16.8. The van der Waals surface area contributed by atoms with Crippen molar-refractivity contribution < 1.29 is 13.9 Å². The topological polar surface area (TPSA) is 41.6 Å². The van der Waals surface area contributed by atoms with Crippen molar-refractivity contribution in [3.63, 3.8) is 0 Å². The molecule has 0 unspecified atom stereocenters. The van der Waals surface area contributed by atoms with Crippen LogP contribution in [0.5, 0.6) is 5.75 Å². The Labute approximate surface area is 171 Å². The molecule has 1 heterocycles. The second kappa shape index (κ2) is 10.8. The minimum absolute atomic E-state index is 0. The van der Waals surface area contributed by atoms with Gasteiger partial charge in [0.2, 0.25) is 5.91 Å². The summed E-state index contributed by atoms with van der Waals surface area (Å²) in [4.78, 5) is 13.7. The van der Waals surface area contributed by atoms with Gasteiger partial charge in [-0.1, -0.05) is 25.1 Å². The minimum Gasteiger partial charge on any atom is -0.492 e. The predicted octanol–water partition coefficient (Wildman–Crippen LogP) is 4.76. The van der Waals surface area contributed by atoms with Crippen molar-refractivity contribution in [2.45, 2.75) is 19.8 Å². The van der Waals surface area contributed by atoms with E-state index in [0.29, 0.717) is 13.0 Å². The first-order valence-electron chi connectivity index (χ1n) is 9.34. The normalized spacial score (nSPS) is 14.0. The SMILES string of the molecule is CCC(=O)Nc1ccc(OCCN2CC=C(c3ccc(F)cc3)CC2)cc1.Cl. The highest BCUT2D eigenvalue weighted by Gasteiger charge is 2.13. The maximum absolute atomic E-state index is 13.0. The number of halogens is 2. The van der Waals surface area contributed by atoms with Crippen LogP contribution in [0.3, 0.4) is 0 Å². The van der Waals surface area contributed by atoms with Crippen LogP contribution in [0, 0.1) is 5.82 Å². The highest BCUT2D eigenvalue weighted by atomic mass is 35.5. The number of nitrogens with zero attached hydrogens (tertiary/aromatic N) is 1. The maximum atomic E-state index is 13.0. The lowest BCUT2D eigenvalue weighted by Crippen LogP contribution is -2.32. The Kier molecular flexibility index (Phi) is 8.48. The lowest BCUT2D eigenvalue weighted by Gasteiger charge is -2.26. The lowest BCUT2D eigenvalue weighted by molar-refractivity contribution is -0.115. The first-order valence-corrected chi connectivity index (χ1v) is 9.34. The Morgan fingerprint density at radius 1 is 1.14 bits per heavy atom. The van der Waals surface area contributed by atoms with Crippen LogP contribution in [-0.4, -0.2) is 37.0 Å². The van der Waals surface area contributed by atoms with Gasteiger partial charge in [0, 0.05) is 31.7 Å². The summed E-state index contributed by atoms with van der Waals surface area (Å²) < 4.78 is 18.8. The van der Waals surface area contributed by atoms with E-state index in [1.807, 2.05) is 43.3 Å². The minimum atomic E-state index is -0.199. The Hall–Kier alpha value is -2.37. The van der Waals surface area contributed by atoms with Crippen molar-refractivity contribution in [3.05, 3.63) is 66.0 Å². The van der Waals surface area contributed by atoms with Gasteiger partial charge in [-0.2, -0.15) is 0 Å². The molecule has 0 fully saturated rings. The van der Waals surface area contributed by atoms with E-state index >= 15 is 0 Å². The van der Waals surface area contributed by atoms with E-state index in [1.165, 1.54) is 17.7 Å². The summed E-state index contributed by atoms with van der Waals surface area (Å²) in [5, 5.41) is 2.82. The summed E-state index contributed by atoms with van der Waals surface area (Å²) >= 11 is 0. The fraction of sp³-hybridized carbons (Fsp3) is 0.318. The quantitative estimate of drug-likeness (QED) is 0.723. The first kappa shape index (κ1) is 21.9. The van der Waals surface area contributed by atoms with Crippen molar-refractivity contribution in [1.82, 2.24) is 4.90 Å². The van der Waals surface area contributed by atoms with Crippen LogP contribution in [-0.2, 0) is 4.79 Å². The molecule has 0 bridgehead atoms. The standard InChI is InChI=1S/C22H25FN2O2.ClH/c1-2-22(26)24-20-7-9-21(10-8-20)27-16-15-25-13-11-18(12-14-25)17-3-5-19(23)6-4-17;/h3-11H,2,12-16H2,1H3,(H,24,26);1H. The van der Waals surface area contributed by atoms with Crippen molar-refractivity contribution in [1.29, 1.82) is 0 Å². The number of ether oxygens (including phenoxy) is 1. The average molecular weight is 405 g/mol. The first-order chi connectivity index (χ1) is 13.1. The molecule has 0 saturated carbocycles. The second-order valence-electron chi connectivity index (χ2n) is 6.56. The molecule has 1 amide bonds. The van der Waals surface area contributed by atoms with Crippen LogP contribution >= 0.6 is 12.4 Å². The smallest absolute Gasteiger partial charge is 0.224 e. The highest BCUT2D eigenvalue weighted by Crippen LogP contribution is 2.22. The van der Waals surface area contributed by atoms with E-state index in [1.54, 1.807) is 0 Å². The molecular weight excluding hydrogens is 379 g/mol. The lowest BCUT2D eigenvalue weighted by atomic mass is 9.99. The Bertz CT molecular complexity index is 791. The van der Waals surface area contributed by atoms with Crippen molar-refractivity contribution in [2.75, 3.05) is 31.6 Å². The Balaban J connectivity index is 0.00000280. The summed E-state index contributed by atoms with van der Waals surface area (Å²) in [5.41, 5.74) is 3.16. The number of hydrogen-bond acceptors (Lipinski definition) is 3. The van der Waals surface area contributed by atoms with E-state index < -0.39 is 0 Å². The fourth-order valence-corrected chi connectivity index (χ4v) is 3.02. The van der Waals surface area contributed by atoms with Crippen LogP contribution in [0.1, 0.15) is 25.3 Å². The number of amides is 1. The zero-order chi connectivity index (χ0) is 19.1. The monoisotopic (exact) mass is 404 g/mol. The molecule has 28 heavy (non-hydrogen) atoms. The number of carbonyl (C=O) groups is 1. The molecule has 6 heteroatoms. The number of anilines is 1. The molecule has 0 radical (unpaired) electrons. The molecule has 4 nitrogen and oxygen atoms in total. The molecule has 0 saturated heterocycles. The van der Waals surface area contributed by atoms with Crippen LogP contribution in [0.4, 0.5) is 10.1 Å². The summed E-state index contributed by atoms with van der Waals surface area (Å²) in [6.07, 6.45) is 3.63. The number of rotatable bonds is 7. The molecule has 0 spiro atoms. The van der Waals surface area contributed by atoms with Crippen LogP contribution in [0.25, 0.3) is 5.57 Å². The van der Waals surface area contributed by atoms with Gasteiger partial charge in [-0.05, 0) is 54.0 Å². The van der Waals surface area contributed by atoms with Gasteiger partial charge in [-0.3, -0.25) is 9.69 Å². The van der Waals surface area contributed by atoms with Gasteiger partial charge in [-0.25, -0.2) is 4.39 Å². The number of benzene rings is 2. The predicted molar refractivity (Wildman–Crippen MR) is 114 cm³/mol. The molecule has 2 aromatic carbocycles. The molecule has 2 aromatic rings. The van der Waals surface area contributed by atoms with Crippen LogP contribution < -0.4 is 10.1 Å². The van der Waals surface area contributed by atoms with E-state index in [0.717, 1.165) is 43.1 Å². The van der Waals surface area contributed by atoms with Crippen LogP contribution in [0.2, 0.25) is 0 Å². The van der Waals surface area contributed by atoms with Gasteiger partial charge < -0.3 is 10.1 Å². The number of carbonyl (C=O) groups excluding carboxylic acids is 1. The van der Waals surface area contributed by atoms with E-state index in [2.05, 4.69) is 16.3 Å². The molecule has 1 aliphatic rings. The average Bonchev–Trinajstić information content (AvgIpc) is 2.70. The fourth-order valence-electron chi connectivity index (χ4n) is 3.02. The Morgan fingerprint density at radius 3 is 2.46 bits per heavy atom. The third kappa shape index (κ3) is 6.36. The van der Waals surface area contributed by atoms with E-state index in [9.17, 15) is 9.18 Å². The molecule has 3 rings (SSSR count). The molecule has 0 aromatic heterocycles. The highest BCUT2D eigenvalue weighted by molar-refractivity contribution is 5.90. The number of nitrogens with one attached hydrogen (secondary N) is 1. The van der Waals surface area contributed by atoms with Crippen molar-refractivity contribution >= 4 is 29.6 Å². The summed E-state index contributed by atoms with van der Waals surface area (Å²) in [7, 11) is 0. The molecule has 150 valence electrons. The van der Waals surface area contributed by atoms with Crippen LogP contribution in [0.15, 0.2) is 54.6 Å². The molecular formula is C22H26ClFN2O2. The summed E-state index contributed by atoms with van der Waals surface area (Å²) in [6, 6.07) is 14.1. The largest absolute Gasteiger partial charge is 0.492 e. The van der Waals surface area contributed by atoms with Gasteiger partial charge in [0.1, 0.15) is 18.2 Å². The van der Waals surface area contributed by atoms with Gasteiger partial charge in [0.05, 0.1) is 0 Å². The third-order valence-corrected chi connectivity index (χ3v) is 4.64. The molecule has 0 atom stereocenters. The number of hydrogen-bond donors (Lipinski definition) is 1. The van der Waals surface area contributed by atoms with E-state index in [4.69, 9.17) is 4.74 Å². The summed E-state index contributed by atoms with van der Waals surface area (Å²) in [5.74, 6) is 0.598. The van der Waals surface area contributed by atoms with E-state index in [-0.39, 0.29) is 24.1 Å². The Morgan fingerprint density at radius 2 is 1.86 bits per heavy atom. The third-order valence-electron chi connectivity index (χ3n) is 4.64. The van der Waals surface area contributed by atoms with Gasteiger partial charge in [-0.15, -0.1) is 12.4 Å². The summed E-state index contributed by atoms with van der Waals surface area (Å²) in [6.45, 7) is 5.12. The second-order valence-corrected chi connectivity index (χ2v) is 6.56. The van der Waals surface area contributed by atoms with Gasteiger partial charge in [0.15, 0.2) is 0 Å². The van der Waals surface area contributed by atoms with Gasteiger partial charge >= 0.3 is 0 Å². The van der Waals surface area contributed by atoms with Crippen molar-refractivity contribution in [2.24, 2.45) is 0 Å².